The second kappa shape index (κ2) is 5.00. The Bertz CT molecular complexity index is 458. The van der Waals surface area contributed by atoms with Gasteiger partial charge in [0.05, 0.1) is 6.54 Å². The van der Waals surface area contributed by atoms with Crippen molar-refractivity contribution in [3.63, 3.8) is 0 Å². The molecule has 0 saturated carbocycles. The summed E-state index contributed by atoms with van der Waals surface area (Å²) in [6.45, 7) is 2.92. The maximum atomic E-state index is 12.0. The van der Waals surface area contributed by atoms with E-state index in [4.69, 9.17) is 0 Å². The number of Topliss-reactive ketones (excluding diaryl/α,β-unsaturated/α-hetero) is 1. The number of halogens is 1. The van der Waals surface area contributed by atoms with Crippen molar-refractivity contribution in [3.05, 3.63) is 34.3 Å². The highest BCUT2D eigenvalue weighted by atomic mass is 79.9. The summed E-state index contributed by atoms with van der Waals surface area (Å²) in [5, 5.41) is 0. The summed E-state index contributed by atoms with van der Waals surface area (Å²) in [5.74, 6) is 0.437. The van der Waals surface area contributed by atoms with Gasteiger partial charge in [-0.05, 0) is 18.1 Å². The Labute approximate surface area is 109 Å². The van der Waals surface area contributed by atoms with Crippen molar-refractivity contribution in [2.45, 2.75) is 13.3 Å². The Balaban J connectivity index is 2.05. The van der Waals surface area contributed by atoms with Crippen LogP contribution in [0.1, 0.15) is 23.7 Å². The molecule has 1 atom stereocenters. The molecule has 1 unspecified atom stereocenters. The molecule has 17 heavy (non-hydrogen) atoms. The topological polar surface area (TPSA) is 37.4 Å². The molecule has 1 heterocycles. The fourth-order valence-electron chi connectivity index (χ4n) is 2.05. The Morgan fingerprint density at radius 2 is 2.29 bits per heavy atom. The number of hydrogen-bond donors (Lipinski definition) is 0. The number of likely N-dealkylation sites (tertiary alicyclic amines) is 1. The van der Waals surface area contributed by atoms with Crippen LogP contribution in [0.4, 0.5) is 0 Å². The summed E-state index contributed by atoms with van der Waals surface area (Å²) in [7, 11) is 0. The van der Waals surface area contributed by atoms with Gasteiger partial charge in [0.25, 0.3) is 0 Å². The summed E-state index contributed by atoms with van der Waals surface area (Å²) >= 11 is 3.33. The second-order valence-corrected chi connectivity index (χ2v) is 5.43. The highest BCUT2D eigenvalue weighted by molar-refractivity contribution is 9.10. The van der Waals surface area contributed by atoms with Crippen LogP contribution in [-0.2, 0) is 4.79 Å². The van der Waals surface area contributed by atoms with Gasteiger partial charge in [0.1, 0.15) is 0 Å². The standard InChI is InChI=1S/C13H14BrNO2/c1-9-5-13(17)15(7-9)8-12(16)10-3-2-4-11(14)6-10/h2-4,6,9H,5,7-8H2,1H3. The molecule has 90 valence electrons. The lowest BCUT2D eigenvalue weighted by molar-refractivity contribution is -0.127. The van der Waals surface area contributed by atoms with E-state index in [1.807, 2.05) is 19.1 Å². The fourth-order valence-corrected chi connectivity index (χ4v) is 2.45. The third-order valence-electron chi connectivity index (χ3n) is 2.89. The number of rotatable bonds is 3. The van der Waals surface area contributed by atoms with Crippen molar-refractivity contribution in [2.75, 3.05) is 13.1 Å². The van der Waals surface area contributed by atoms with E-state index in [0.29, 0.717) is 24.4 Å². The summed E-state index contributed by atoms with van der Waals surface area (Å²) in [4.78, 5) is 25.2. The predicted molar refractivity (Wildman–Crippen MR) is 68.8 cm³/mol. The van der Waals surface area contributed by atoms with Crippen molar-refractivity contribution < 1.29 is 9.59 Å². The molecule has 0 aliphatic carbocycles. The molecule has 0 aromatic heterocycles. The Morgan fingerprint density at radius 3 is 2.88 bits per heavy atom. The van der Waals surface area contributed by atoms with Gasteiger partial charge in [-0.2, -0.15) is 0 Å². The van der Waals surface area contributed by atoms with Gasteiger partial charge in [-0.3, -0.25) is 9.59 Å². The maximum absolute atomic E-state index is 12.0. The number of carbonyl (C=O) groups excluding carboxylic acids is 2. The van der Waals surface area contributed by atoms with Crippen LogP contribution in [0.2, 0.25) is 0 Å². The zero-order valence-corrected chi connectivity index (χ0v) is 11.2. The lowest BCUT2D eigenvalue weighted by Gasteiger charge is -2.14. The first-order chi connectivity index (χ1) is 8.06. The first-order valence-electron chi connectivity index (χ1n) is 5.63. The minimum atomic E-state index is -0.00579. The number of nitrogens with zero attached hydrogens (tertiary/aromatic N) is 1. The van der Waals surface area contributed by atoms with Crippen LogP contribution in [0.3, 0.4) is 0 Å². The summed E-state index contributed by atoms with van der Waals surface area (Å²) < 4.78 is 0.879. The summed E-state index contributed by atoms with van der Waals surface area (Å²) in [5.41, 5.74) is 0.645. The Morgan fingerprint density at radius 1 is 1.53 bits per heavy atom. The monoisotopic (exact) mass is 295 g/mol. The van der Waals surface area contributed by atoms with Crippen LogP contribution in [0, 0.1) is 5.92 Å². The summed E-state index contributed by atoms with van der Waals surface area (Å²) in [6, 6.07) is 7.26. The van der Waals surface area contributed by atoms with Gasteiger partial charge in [0.15, 0.2) is 5.78 Å². The number of amides is 1. The number of ketones is 1. The van der Waals surface area contributed by atoms with Crippen molar-refractivity contribution in [1.82, 2.24) is 4.90 Å². The molecule has 4 heteroatoms. The average molecular weight is 296 g/mol. The largest absolute Gasteiger partial charge is 0.335 e. The molecule has 1 fully saturated rings. The average Bonchev–Trinajstić information content (AvgIpc) is 2.57. The van der Waals surface area contributed by atoms with Gasteiger partial charge in [-0.1, -0.05) is 35.0 Å². The minimum Gasteiger partial charge on any atom is -0.335 e. The summed E-state index contributed by atoms with van der Waals surface area (Å²) in [6.07, 6.45) is 0.561. The zero-order valence-electron chi connectivity index (χ0n) is 9.65. The SMILES string of the molecule is CC1CC(=O)N(CC(=O)c2cccc(Br)c2)C1. The number of hydrogen-bond acceptors (Lipinski definition) is 2. The van der Waals surface area contributed by atoms with Crippen LogP contribution >= 0.6 is 15.9 Å². The van der Waals surface area contributed by atoms with Crippen LogP contribution in [0.25, 0.3) is 0 Å². The molecule has 3 nitrogen and oxygen atoms in total. The first-order valence-corrected chi connectivity index (χ1v) is 6.42. The van der Waals surface area contributed by atoms with Crippen LogP contribution in [0.15, 0.2) is 28.7 Å². The molecule has 1 aromatic rings. The molecule has 1 aliphatic heterocycles. The van der Waals surface area contributed by atoms with E-state index in [9.17, 15) is 9.59 Å². The molecule has 1 aliphatic rings. The van der Waals surface area contributed by atoms with Crippen molar-refractivity contribution in [2.24, 2.45) is 5.92 Å². The number of carbonyl (C=O) groups is 2. The first kappa shape index (κ1) is 12.3. The van der Waals surface area contributed by atoms with Crippen molar-refractivity contribution in [3.8, 4) is 0 Å². The quantitative estimate of drug-likeness (QED) is 0.804. The molecule has 1 aromatic carbocycles. The van der Waals surface area contributed by atoms with Gasteiger partial charge < -0.3 is 4.90 Å². The van der Waals surface area contributed by atoms with Gasteiger partial charge in [0.2, 0.25) is 5.91 Å². The maximum Gasteiger partial charge on any atom is 0.223 e. The third kappa shape index (κ3) is 2.94. The molecule has 0 N–H and O–H groups in total. The Hall–Kier alpha value is -1.16. The molecule has 1 saturated heterocycles. The second-order valence-electron chi connectivity index (χ2n) is 4.52. The fraction of sp³-hybridized carbons (Fsp3) is 0.385. The highest BCUT2D eigenvalue weighted by Gasteiger charge is 2.27. The van der Waals surface area contributed by atoms with Crippen molar-refractivity contribution in [1.29, 1.82) is 0 Å². The molecule has 2 rings (SSSR count). The van der Waals surface area contributed by atoms with Gasteiger partial charge in [0, 0.05) is 23.0 Å². The number of benzene rings is 1. The molecular formula is C13H14BrNO2. The van der Waals surface area contributed by atoms with E-state index in [1.54, 1.807) is 17.0 Å². The van der Waals surface area contributed by atoms with Gasteiger partial charge in [-0.25, -0.2) is 0 Å². The van der Waals surface area contributed by atoms with E-state index in [0.717, 1.165) is 4.47 Å². The van der Waals surface area contributed by atoms with E-state index in [-0.39, 0.29) is 18.2 Å². The van der Waals surface area contributed by atoms with E-state index < -0.39 is 0 Å². The van der Waals surface area contributed by atoms with E-state index in [2.05, 4.69) is 15.9 Å². The normalized spacial score (nSPS) is 19.8. The van der Waals surface area contributed by atoms with Gasteiger partial charge in [-0.15, -0.1) is 0 Å². The lowest BCUT2D eigenvalue weighted by Crippen LogP contribution is -2.31. The van der Waals surface area contributed by atoms with Crippen LogP contribution in [0.5, 0.6) is 0 Å². The molecular weight excluding hydrogens is 282 g/mol. The molecule has 0 bridgehead atoms. The highest BCUT2D eigenvalue weighted by Crippen LogP contribution is 2.18. The zero-order chi connectivity index (χ0) is 12.4. The minimum absolute atomic E-state index is 0.00579. The lowest BCUT2D eigenvalue weighted by atomic mass is 10.1. The van der Waals surface area contributed by atoms with Gasteiger partial charge >= 0.3 is 0 Å². The molecule has 1 amide bonds. The molecule has 0 radical (unpaired) electrons. The Kier molecular flexibility index (Phi) is 3.62. The predicted octanol–water partition coefficient (Wildman–Crippen LogP) is 2.50. The smallest absolute Gasteiger partial charge is 0.223 e. The van der Waals surface area contributed by atoms with Crippen LogP contribution < -0.4 is 0 Å². The van der Waals surface area contributed by atoms with E-state index >= 15 is 0 Å². The molecule has 0 spiro atoms. The third-order valence-corrected chi connectivity index (χ3v) is 3.38. The van der Waals surface area contributed by atoms with Crippen molar-refractivity contribution >= 4 is 27.6 Å². The van der Waals surface area contributed by atoms with E-state index in [1.165, 1.54) is 0 Å². The van der Waals surface area contributed by atoms with Crippen LogP contribution in [-0.4, -0.2) is 29.7 Å².